The first kappa shape index (κ1) is 14.1. The van der Waals surface area contributed by atoms with Gasteiger partial charge in [-0.15, -0.1) is 0 Å². The van der Waals surface area contributed by atoms with Crippen LogP contribution in [0.5, 0.6) is 0 Å². The van der Waals surface area contributed by atoms with Crippen molar-refractivity contribution in [2.75, 3.05) is 0 Å². The molecule has 2 aromatic rings. The SMILES string of the molecule is CC(C)Cn1c(=O)n(C)c(=O)c2c1nc1n2CCCCC1. The maximum Gasteiger partial charge on any atom is 0.332 e. The highest BCUT2D eigenvalue weighted by atomic mass is 16.2. The highest BCUT2D eigenvalue weighted by Gasteiger charge is 2.21. The van der Waals surface area contributed by atoms with Crippen molar-refractivity contribution in [2.24, 2.45) is 13.0 Å². The molecular weight excluding hydrogens is 268 g/mol. The number of aryl methyl sites for hydroxylation is 2. The third-order valence-corrected chi connectivity index (χ3v) is 4.14. The van der Waals surface area contributed by atoms with Crippen molar-refractivity contribution in [1.29, 1.82) is 0 Å². The summed E-state index contributed by atoms with van der Waals surface area (Å²) in [6.45, 7) is 5.52. The maximum absolute atomic E-state index is 12.5. The van der Waals surface area contributed by atoms with Crippen LogP contribution < -0.4 is 11.2 Å². The van der Waals surface area contributed by atoms with Crippen LogP contribution in [0.2, 0.25) is 0 Å². The minimum absolute atomic E-state index is 0.226. The summed E-state index contributed by atoms with van der Waals surface area (Å²) in [4.78, 5) is 29.6. The Morgan fingerprint density at radius 2 is 1.95 bits per heavy atom. The molecule has 0 bridgehead atoms. The van der Waals surface area contributed by atoms with E-state index in [4.69, 9.17) is 0 Å². The summed E-state index contributed by atoms with van der Waals surface area (Å²) in [5.74, 6) is 1.27. The lowest BCUT2D eigenvalue weighted by Gasteiger charge is -2.11. The molecule has 0 fully saturated rings. The molecule has 3 rings (SSSR count). The van der Waals surface area contributed by atoms with Gasteiger partial charge in [-0.2, -0.15) is 0 Å². The van der Waals surface area contributed by atoms with Gasteiger partial charge in [0.2, 0.25) is 0 Å². The van der Waals surface area contributed by atoms with Crippen LogP contribution in [-0.2, 0) is 26.6 Å². The average molecular weight is 290 g/mol. The van der Waals surface area contributed by atoms with E-state index in [9.17, 15) is 9.59 Å². The van der Waals surface area contributed by atoms with Crippen molar-refractivity contribution in [2.45, 2.75) is 52.6 Å². The number of fused-ring (bicyclic) bond motifs is 3. The van der Waals surface area contributed by atoms with E-state index >= 15 is 0 Å². The van der Waals surface area contributed by atoms with Crippen LogP contribution >= 0.6 is 0 Å². The molecular formula is C15H22N4O2. The molecule has 3 heterocycles. The molecule has 0 aliphatic carbocycles. The number of hydrogen-bond acceptors (Lipinski definition) is 3. The zero-order valence-corrected chi connectivity index (χ0v) is 12.9. The molecule has 0 spiro atoms. The van der Waals surface area contributed by atoms with Crippen LogP contribution in [0.3, 0.4) is 0 Å². The highest BCUT2D eigenvalue weighted by molar-refractivity contribution is 5.71. The molecule has 1 aliphatic rings. The molecule has 2 aromatic heterocycles. The van der Waals surface area contributed by atoms with Gasteiger partial charge in [0.15, 0.2) is 11.2 Å². The quantitative estimate of drug-likeness (QED) is 0.837. The Morgan fingerprint density at radius 3 is 2.67 bits per heavy atom. The fraction of sp³-hybridized carbons (Fsp3) is 0.667. The van der Waals surface area contributed by atoms with Gasteiger partial charge in [0.05, 0.1) is 0 Å². The van der Waals surface area contributed by atoms with Crippen molar-refractivity contribution in [3.63, 3.8) is 0 Å². The van der Waals surface area contributed by atoms with Crippen LogP contribution in [0.1, 0.15) is 38.9 Å². The van der Waals surface area contributed by atoms with Gasteiger partial charge in [-0.25, -0.2) is 9.78 Å². The van der Waals surface area contributed by atoms with Crippen LogP contribution in [0.4, 0.5) is 0 Å². The van der Waals surface area contributed by atoms with E-state index in [2.05, 4.69) is 18.8 Å². The molecule has 0 amide bonds. The van der Waals surface area contributed by atoms with E-state index in [0.29, 0.717) is 23.6 Å². The monoisotopic (exact) mass is 290 g/mol. The number of imidazole rings is 1. The zero-order chi connectivity index (χ0) is 15.1. The molecule has 21 heavy (non-hydrogen) atoms. The Morgan fingerprint density at radius 1 is 1.19 bits per heavy atom. The average Bonchev–Trinajstić information content (AvgIpc) is 2.64. The third-order valence-electron chi connectivity index (χ3n) is 4.14. The van der Waals surface area contributed by atoms with E-state index in [-0.39, 0.29) is 11.2 Å². The van der Waals surface area contributed by atoms with Gasteiger partial charge in [0.25, 0.3) is 5.56 Å². The minimum Gasteiger partial charge on any atom is -0.322 e. The highest BCUT2D eigenvalue weighted by Crippen LogP contribution is 2.19. The summed E-state index contributed by atoms with van der Waals surface area (Å²) >= 11 is 0. The summed E-state index contributed by atoms with van der Waals surface area (Å²) in [7, 11) is 1.55. The van der Waals surface area contributed by atoms with Gasteiger partial charge in [0, 0.05) is 26.6 Å². The van der Waals surface area contributed by atoms with Gasteiger partial charge in [0.1, 0.15) is 5.82 Å². The fourth-order valence-corrected chi connectivity index (χ4v) is 3.09. The van der Waals surface area contributed by atoms with E-state index in [1.54, 1.807) is 11.6 Å². The smallest absolute Gasteiger partial charge is 0.322 e. The van der Waals surface area contributed by atoms with Crippen LogP contribution in [0, 0.1) is 5.92 Å². The molecule has 0 atom stereocenters. The summed E-state index contributed by atoms with van der Waals surface area (Å²) < 4.78 is 4.90. The maximum atomic E-state index is 12.5. The van der Waals surface area contributed by atoms with Crippen molar-refractivity contribution in [3.8, 4) is 0 Å². The second-order valence-corrected chi connectivity index (χ2v) is 6.31. The van der Waals surface area contributed by atoms with E-state index < -0.39 is 0 Å². The van der Waals surface area contributed by atoms with Gasteiger partial charge in [-0.05, 0) is 18.8 Å². The van der Waals surface area contributed by atoms with Crippen LogP contribution in [0.15, 0.2) is 9.59 Å². The number of hydrogen-bond donors (Lipinski definition) is 0. The molecule has 0 aromatic carbocycles. The minimum atomic E-state index is -0.269. The van der Waals surface area contributed by atoms with Gasteiger partial charge in [-0.3, -0.25) is 13.9 Å². The Balaban J connectivity index is 2.37. The van der Waals surface area contributed by atoms with Gasteiger partial charge >= 0.3 is 5.69 Å². The lowest BCUT2D eigenvalue weighted by Crippen LogP contribution is -2.39. The first-order valence-corrected chi connectivity index (χ1v) is 7.69. The van der Waals surface area contributed by atoms with E-state index in [0.717, 1.165) is 38.1 Å². The Hall–Kier alpha value is -1.85. The van der Waals surface area contributed by atoms with Crippen molar-refractivity contribution >= 4 is 11.2 Å². The number of nitrogens with zero attached hydrogens (tertiary/aromatic N) is 4. The van der Waals surface area contributed by atoms with Crippen molar-refractivity contribution in [3.05, 3.63) is 26.7 Å². The molecule has 0 radical (unpaired) electrons. The lowest BCUT2D eigenvalue weighted by atomic mass is 10.2. The van der Waals surface area contributed by atoms with E-state index in [1.165, 1.54) is 4.57 Å². The third kappa shape index (κ3) is 2.22. The molecule has 6 nitrogen and oxygen atoms in total. The Bertz CT molecular complexity index is 795. The summed E-state index contributed by atoms with van der Waals surface area (Å²) in [6.07, 6.45) is 4.20. The summed E-state index contributed by atoms with van der Waals surface area (Å²) in [6, 6.07) is 0. The number of aromatic nitrogens is 4. The molecule has 0 saturated heterocycles. The molecule has 6 heteroatoms. The molecule has 114 valence electrons. The van der Waals surface area contributed by atoms with Crippen LogP contribution in [0.25, 0.3) is 11.2 Å². The van der Waals surface area contributed by atoms with Crippen molar-refractivity contribution < 1.29 is 0 Å². The van der Waals surface area contributed by atoms with Gasteiger partial charge < -0.3 is 4.57 Å². The lowest BCUT2D eigenvalue weighted by molar-refractivity contribution is 0.499. The predicted molar refractivity (Wildman–Crippen MR) is 81.6 cm³/mol. The Kier molecular flexibility index (Phi) is 3.47. The molecule has 1 aliphatic heterocycles. The zero-order valence-electron chi connectivity index (χ0n) is 12.9. The summed E-state index contributed by atoms with van der Waals surface area (Å²) in [5, 5.41) is 0. The summed E-state index contributed by atoms with van der Waals surface area (Å²) in [5.41, 5.74) is 0.661. The largest absolute Gasteiger partial charge is 0.332 e. The fourth-order valence-electron chi connectivity index (χ4n) is 3.09. The molecule has 0 saturated carbocycles. The Labute approximate surface area is 123 Å². The molecule has 0 N–H and O–H groups in total. The van der Waals surface area contributed by atoms with E-state index in [1.807, 2.05) is 4.57 Å². The second-order valence-electron chi connectivity index (χ2n) is 6.31. The predicted octanol–water partition coefficient (Wildman–Crippen LogP) is 1.28. The standard InChI is InChI=1S/C15H22N4O2/c1-10(2)9-19-13-12(14(20)17(3)15(19)21)18-8-6-4-5-7-11(18)16-13/h10H,4-9H2,1-3H3. The second kappa shape index (κ2) is 5.16. The van der Waals surface area contributed by atoms with Gasteiger partial charge in [-0.1, -0.05) is 20.3 Å². The molecule has 0 unspecified atom stereocenters. The number of rotatable bonds is 2. The topological polar surface area (TPSA) is 61.8 Å². The van der Waals surface area contributed by atoms with Crippen LogP contribution in [-0.4, -0.2) is 18.7 Å². The normalized spacial score (nSPS) is 15.4. The first-order chi connectivity index (χ1) is 10.0. The first-order valence-electron chi connectivity index (χ1n) is 7.69. The van der Waals surface area contributed by atoms with Crippen molar-refractivity contribution in [1.82, 2.24) is 18.7 Å².